The number of hydrogen-bond donors (Lipinski definition) is 0. The maximum Gasteiger partial charge on any atom is 0.163 e. The van der Waals surface area contributed by atoms with E-state index in [0.29, 0.717) is 0 Å². The van der Waals surface area contributed by atoms with Crippen molar-refractivity contribution in [3.05, 3.63) is 12.1 Å². The highest BCUT2D eigenvalue weighted by molar-refractivity contribution is 5.64. The summed E-state index contributed by atoms with van der Waals surface area (Å²) in [5.41, 5.74) is 0. The summed E-state index contributed by atoms with van der Waals surface area (Å²) < 4.78 is 5.07. The Morgan fingerprint density at radius 2 is 2.67 bits per heavy atom. The summed E-state index contributed by atoms with van der Waals surface area (Å²) in [6.07, 6.45) is 3.62. The number of rotatable bonds is 0. The van der Waals surface area contributed by atoms with E-state index in [-0.39, 0.29) is 0 Å². The average molecular weight is 124 g/mol. The molecule has 0 atom stereocenters. The van der Waals surface area contributed by atoms with Crippen LogP contribution in [0, 0.1) is 0 Å². The Bertz CT molecular complexity index is 174. The van der Waals surface area contributed by atoms with Gasteiger partial charge < -0.3 is 9.64 Å². The van der Waals surface area contributed by atoms with Crippen LogP contribution < -0.4 is 0 Å². The summed E-state index contributed by atoms with van der Waals surface area (Å²) in [7, 11) is 0. The van der Waals surface area contributed by atoms with Crippen molar-refractivity contribution in [2.24, 2.45) is 4.99 Å². The van der Waals surface area contributed by atoms with Crippen molar-refractivity contribution in [2.75, 3.05) is 19.7 Å². The van der Waals surface area contributed by atoms with Crippen molar-refractivity contribution in [1.82, 2.24) is 4.90 Å². The molecule has 2 rings (SSSR count). The molecule has 2 heterocycles. The van der Waals surface area contributed by atoms with Crippen molar-refractivity contribution in [2.45, 2.75) is 0 Å². The van der Waals surface area contributed by atoms with E-state index >= 15 is 0 Å². The molecule has 0 unspecified atom stereocenters. The third kappa shape index (κ3) is 0.686. The van der Waals surface area contributed by atoms with Gasteiger partial charge in [-0.2, -0.15) is 0 Å². The molecule has 0 radical (unpaired) electrons. The number of nitrogens with zero attached hydrogens (tertiary/aromatic N) is 2. The molecule has 2 aliphatic heterocycles. The van der Waals surface area contributed by atoms with E-state index in [2.05, 4.69) is 9.89 Å². The molecule has 2 aliphatic rings. The summed E-state index contributed by atoms with van der Waals surface area (Å²) in [4.78, 5) is 6.28. The summed E-state index contributed by atoms with van der Waals surface area (Å²) in [6.45, 7) is 2.73. The Morgan fingerprint density at radius 3 is 3.56 bits per heavy atom. The molecular formula is C6H8N2O. The predicted octanol–water partition coefficient (Wildman–Crippen LogP) is 0.202. The Morgan fingerprint density at radius 1 is 1.67 bits per heavy atom. The van der Waals surface area contributed by atoms with Gasteiger partial charge in [-0.25, -0.2) is 4.99 Å². The lowest BCUT2D eigenvalue weighted by Gasteiger charge is -2.21. The molecule has 48 valence electrons. The maximum absolute atomic E-state index is 5.07. The van der Waals surface area contributed by atoms with E-state index in [1.54, 1.807) is 6.26 Å². The first-order chi connectivity index (χ1) is 4.47. The van der Waals surface area contributed by atoms with E-state index < -0.39 is 0 Å². The largest absolute Gasteiger partial charge is 0.495 e. The lowest BCUT2D eigenvalue weighted by Crippen LogP contribution is -2.26. The Labute approximate surface area is 53.6 Å². The summed E-state index contributed by atoms with van der Waals surface area (Å²) in [5, 5.41) is 0. The van der Waals surface area contributed by atoms with Gasteiger partial charge in [0.2, 0.25) is 0 Å². The zero-order valence-corrected chi connectivity index (χ0v) is 5.08. The van der Waals surface area contributed by atoms with Gasteiger partial charge in [0.25, 0.3) is 0 Å². The van der Waals surface area contributed by atoms with Crippen molar-refractivity contribution >= 4 is 6.21 Å². The van der Waals surface area contributed by atoms with Gasteiger partial charge in [0.1, 0.15) is 12.9 Å². The van der Waals surface area contributed by atoms with Gasteiger partial charge in [0, 0.05) is 6.21 Å². The van der Waals surface area contributed by atoms with Gasteiger partial charge in [0.15, 0.2) is 5.82 Å². The Balaban J connectivity index is 2.23. The van der Waals surface area contributed by atoms with Crippen LogP contribution in [0.5, 0.6) is 0 Å². The average Bonchev–Trinajstić information content (AvgIpc) is 2.33. The van der Waals surface area contributed by atoms with Crippen LogP contribution in [0.3, 0.4) is 0 Å². The van der Waals surface area contributed by atoms with Gasteiger partial charge in [-0.1, -0.05) is 0 Å². The van der Waals surface area contributed by atoms with E-state index in [4.69, 9.17) is 4.74 Å². The third-order valence-corrected chi connectivity index (χ3v) is 1.52. The number of hydrogen-bond acceptors (Lipinski definition) is 3. The van der Waals surface area contributed by atoms with Crippen LogP contribution in [0.1, 0.15) is 0 Å². The molecule has 0 fully saturated rings. The minimum Gasteiger partial charge on any atom is -0.495 e. The summed E-state index contributed by atoms with van der Waals surface area (Å²) in [6, 6.07) is 0. The molecule has 0 aromatic rings. The lowest BCUT2D eigenvalue weighted by atomic mass is 10.5. The predicted molar refractivity (Wildman–Crippen MR) is 34.1 cm³/mol. The van der Waals surface area contributed by atoms with Crippen molar-refractivity contribution in [3.63, 3.8) is 0 Å². The third-order valence-electron chi connectivity index (χ3n) is 1.52. The Kier molecular flexibility index (Phi) is 0.946. The number of ether oxygens (including phenoxy) is 1. The smallest absolute Gasteiger partial charge is 0.163 e. The first kappa shape index (κ1) is 4.85. The summed E-state index contributed by atoms with van der Waals surface area (Å²) >= 11 is 0. The Hall–Kier alpha value is -0.990. The first-order valence-electron chi connectivity index (χ1n) is 3.06. The van der Waals surface area contributed by atoms with Crippen LogP contribution in [0.15, 0.2) is 17.1 Å². The molecule has 9 heavy (non-hydrogen) atoms. The number of aliphatic imine (C=N–C) groups is 1. The van der Waals surface area contributed by atoms with Crippen molar-refractivity contribution in [3.8, 4) is 0 Å². The van der Waals surface area contributed by atoms with Gasteiger partial charge in [-0.05, 0) is 0 Å². The monoisotopic (exact) mass is 124 g/mol. The highest BCUT2D eigenvalue weighted by Gasteiger charge is 2.15. The highest BCUT2D eigenvalue weighted by Crippen LogP contribution is 2.13. The van der Waals surface area contributed by atoms with Crippen LogP contribution in [-0.4, -0.2) is 30.8 Å². The highest BCUT2D eigenvalue weighted by atomic mass is 16.5. The van der Waals surface area contributed by atoms with Crippen LogP contribution in [0.4, 0.5) is 0 Å². The zero-order valence-electron chi connectivity index (χ0n) is 5.08. The van der Waals surface area contributed by atoms with Crippen LogP contribution in [-0.2, 0) is 4.74 Å². The van der Waals surface area contributed by atoms with E-state index in [9.17, 15) is 0 Å². The fourth-order valence-corrected chi connectivity index (χ4v) is 1.02. The lowest BCUT2D eigenvalue weighted by molar-refractivity contribution is 0.172. The first-order valence-corrected chi connectivity index (χ1v) is 3.06. The number of fused-ring (bicyclic) bond motifs is 1. The molecule has 3 nitrogen and oxygen atoms in total. The zero-order chi connectivity index (χ0) is 6.10. The molecule has 0 amide bonds. The van der Waals surface area contributed by atoms with E-state index in [1.165, 1.54) is 0 Å². The van der Waals surface area contributed by atoms with Crippen molar-refractivity contribution < 1.29 is 4.74 Å². The fraction of sp³-hybridized carbons (Fsp3) is 0.500. The molecule has 0 saturated heterocycles. The van der Waals surface area contributed by atoms with Gasteiger partial charge >= 0.3 is 0 Å². The van der Waals surface area contributed by atoms with Crippen LogP contribution in [0.2, 0.25) is 0 Å². The second-order valence-corrected chi connectivity index (χ2v) is 2.10. The molecule has 0 aromatic carbocycles. The maximum atomic E-state index is 5.07. The molecule has 0 saturated carbocycles. The van der Waals surface area contributed by atoms with Crippen molar-refractivity contribution in [1.29, 1.82) is 0 Å². The van der Waals surface area contributed by atoms with Crippen LogP contribution in [0.25, 0.3) is 0 Å². The molecule has 0 bridgehead atoms. The van der Waals surface area contributed by atoms with E-state index in [1.807, 2.05) is 6.21 Å². The normalized spacial score (nSPS) is 23.1. The quantitative estimate of drug-likeness (QED) is 0.461. The van der Waals surface area contributed by atoms with Gasteiger partial charge in [0.05, 0.1) is 13.1 Å². The minimum atomic E-state index is 0.798. The van der Waals surface area contributed by atoms with Crippen LogP contribution >= 0.6 is 0 Å². The molecule has 0 spiro atoms. The SMILES string of the molecule is C1=NC2=COCCN2C1. The molecule has 0 aliphatic carbocycles. The van der Waals surface area contributed by atoms with Gasteiger partial charge in [-0.15, -0.1) is 0 Å². The molecular weight excluding hydrogens is 116 g/mol. The van der Waals surface area contributed by atoms with Gasteiger partial charge in [-0.3, -0.25) is 0 Å². The molecule has 0 N–H and O–H groups in total. The van der Waals surface area contributed by atoms with E-state index in [0.717, 1.165) is 25.5 Å². The standard InChI is InChI=1S/C6H8N2O/c1-2-8-3-4-9-5-6(8)7-1/h1,5H,2-4H2. The summed E-state index contributed by atoms with van der Waals surface area (Å²) in [5.74, 6) is 0.973. The second kappa shape index (κ2) is 1.76. The second-order valence-electron chi connectivity index (χ2n) is 2.10. The minimum absolute atomic E-state index is 0.798. The topological polar surface area (TPSA) is 24.8 Å². The molecule has 3 heteroatoms. The molecule has 0 aromatic heterocycles. The fourth-order valence-electron chi connectivity index (χ4n) is 1.02.